The van der Waals surface area contributed by atoms with Gasteiger partial charge in [0.05, 0.1) is 27.9 Å². The fraction of sp³-hybridized carbons (Fsp3) is 0. The van der Waals surface area contributed by atoms with E-state index in [0.717, 1.165) is 0 Å². The largest absolute Gasteiger partial charge is 0.478 e. The Balaban J connectivity index is 2.28. The van der Waals surface area contributed by atoms with Gasteiger partial charge in [-0.1, -0.05) is 17.7 Å². The third-order valence-electron chi connectivity index (χ3n) is 2.72. The molecule has 2 N–H and O–H groups in total. The number of nitrogens with one attached hydrogen (secondary N) is 1. The second-order valence-corrected chi connectivity index (χ2v) is 4.55. The van der Waals surface area contributed by atoms with Crippen molar-refractivity contribution in [2.45, 2.75) is 0 Å². The molecule has 0 unspecified atom stereocenters. The molecule has 5 nitrogen and oxygen atoms in total. The molecule has 0 bridgehead atoms. The maximum absolute atomic E-state index is 12.1. The Hall–Kier alpha value is -2.84. The number of benzene rings is 2. The number of carbonyl (C=O) groups is 2. The summed E-state index contributed by atoms with van der Waals surface area (Å²) in [7, 11) is 0. The van der Waals surface area contributed by atoms with E-state index in [-0.39, 0.29) is 16.1 Å². The first-order valence-electron chi connectivity index (χ1n) is 5.85. The highest BCUT2D eigenvalue weighted by Gasteiger charge is 2.11. The minimum Gasteiger partial charge on any atom is -0.478 e. The molecule has 0 saturated carbocycles. The van der Waals surface area contributed by atoms with Gasteiger partial charge >= 0.3 is 5.97 Å². The van der Waals surface area contributed by atoms with E-state index in [0.29, 0.717) is 11.3 Å². The molecule has 0 radical (unpaired) electrons. The van der Waals surface area contributed by atoms with Crippen LogP contribution in [0.1, 0.15) is 26.3 Å². The molecule has 0 saturated heterocycles. The van der Waals surface area contributed by atoms with E-state index in [1.165, 1.54) is 42.5 Å². The van der Waals surface area contributed by atoms with Crippen molar-refractivity contribution < 1.29 is 14.7 Å². The van der Waals surface area contributed by atoms with Gasteiger partial charge in [-0.3, -0.25) is 4.79 Å². The Kier molecular flexibility index (Phi) is 4.21. The highest BCUT2D eigenvalue weighted by molar-refractivity contribution is 6.34. The minimum atomic E-state index is -1.12. The Labute approximate surface area is 125 Å². The lowest BCUT2D eigenvalue weighted by molar-refractivity contribution is 0.0697. The smallest absolute Gasteiger partial charge is 0.335 e. The number of amides is 1. The first-order valence-corrected chi connectivity index (χ1v) is 6.23. The van der Waals surface area contributed by atoms with Crippen LogP contribution in [-0.2, 0) is 0 Å². The normalized spacial score (nSPS) is 9.71. The lowest BCUT2D eigenvalue weighted by atomic mass is 10.1. The van der Waals surface area contributed by atoms with Gasteiger partial charge in [-0.25, -0.2) is 4.79 Å². The molecule has 0 fully saturated rings. The fourth-order valence-electron chi connectivity index (χ4n) is 1.68. The Morgan fingerprint density at radius 1 is 1.14 bits per heavy atom. The SMILES string of the molecule is N#Cc1ccc(Cl)c(NC(=O)c2cccc(C(=O)O)c2)c1. The highest BCUT2D eigenvalue weighted by Crippen LogP contribution is 2.23. The zero-order valence-electron chi connectivity index (χ0n) is 10.6. The Morgan fingerprint density at radius 2 is 1.86 bits per heavy atom. The van der Waals surface area contributed by atoms with Gasteiger partial charge in [0.2, 0.25) is 0 Å². The summed E-state index contributed by atoms with van der Waals surface area (Å²) in [6, 6.07) is 12.0. The van der Waals surface area contributed by atoms with Crippen LogP contribution >= 0.6 is 11.6 Å². The standard InChI is InChI=1S/C15H9ClN2O3/c16-12-5-4-9(8-17)6-13(12)18-14(19)10-2-1-3-11(7-10)15(20)21/h1-7H,(H,18,19)(H,20,21). The first kappa shape index (κ1) is 14.6. The van der Waals surface area contributed by atoms with Gasteiger partial charge in [0, 0.05) is 5.56 Å². The predicted octanol–water partition coefficient (Wildman–Crippen LogP) is 3.16. The van der Waals surface area contributed by atoms with Gasteiger partial charge in [-0.2, -0.15) is 5.26 Å². The van der Waals surface area contributed by atoms with Crippen molar-refractivity contribution in [3.8, 4) is 6.07 Å². The third-order valence-corrected chi connectivity index (χ3v) is 3.04. The second kappa shape index (κ2) is 6.07. The zero-order valence-corrected chi connectivity index (χ0v) is 11.4. The van der Waals surface area contributed by atoms with E-state index >= 15 is 0 Å². The molecular formula is C15H9ClN2O3. The molecule has 104 valence electrons. The number of aromatic carboxylic acids is 1. The van der Waals surface area contributed by atoms with Crippen molar-refractivity contribution in [2.24, 2.45) is 0 Å². The summed E-state index contributed by atoms with van der Waals surface area (Å²) in [6.45, 7) is 0. The number of halogens is 1. The Bertz CT molecular complexity index is 766. The monoisotopic (exact) mass is 300 g/mol. The molecule has 0 aromatic heterocycles. The minimum absolute atomic E-state index is 0.0134. The molecule has 0 spiro atoms. The summed E-state index contributed by atoms with van der Waals surface area (Å²) >= 11 is 5.95. The number of anilines is 1. The maximum Gasteiger partial charge on any atom is 0.335 e. The van der Waals surface area contributed by atoms with Crippen molar-refractivity contribution in [1.82, 2.24) is 0 Å². The van der Waals surface area contributed by atoms with Crippen LogP contribution in [0.25, 0.3) is 0 Å². The molecule has 0 aliphatic rings. The van der Waals surface area contributed by atoms with Crippen molar-refractivity contribution in [2.75, 3.05) is 5.32 Å². The number of hydrogen-bond acceptors (Lipinski definition) is 3. The molecule has 0 atom stereocenters. The van der Waals surface area contributed by atoms with Crippen molar-refractivity contribution >= 4 is 29.2 Å². The first-order chi connectivity index (χ1) is 10.0. The molecule has 1 amide bonds. The summed E-state index contributed by atoms with van der Waals surface area (Å²) in [5.41, 5.74) is 0.850. The van der Waals surface area contributed by atoms with Gasteiger partial charge in [0.25, 0.3) is 5.91 Å². The average molecular weight is 301 g/mol. The third kappa shape index (κ3) is 3.38. The number of hydrogen-bond donors (Lipinski definition) is 2. The molecule has 0 heterocycles. The van der Waals surface area contributed by atoms with Gasteiger partial charge in [0.1, 0.15) is 0 Å². The fourth-order valence-corrected chi connectivity index (χ4v) is 1.84. The molecule has 2 rings (SSSR count). The number of carboxylic acids is 1. The summed E-state index contributed by atoms with van der Waals surface area (Å²) in [4.78, 5) is 23.0. The van der Waals surface area contributed by atoms with Crippen LogP contribution in [0, 0.1) is 11.3 Å². The Morgan fingerprint density at radius 3 is 2.52 bits per heavy atom. The average Bonchev–Trinajstić information content (AvgIpc) is 2.49. The summed E-state index contributed by atoms with van der Waals surface area (Å²) in [6.07, 6.45) is 0. The van der Waals surface area contributed by atoms with Gasteiger partial charge in [-0.05, 0) is 36.4 Å². The van der Waals surface area contributed by atoms with E-state index in [2.05, 4.69) is 5.32 Å². The number of nitriles is 1. The molecule has 2 aromatic rings. The maximum atomic E-state index is 12.1. The van der Waals surface area contributed by atoms with E-state index < -0.39 is 11.9 Å². The quantitative estimate of drug-likeness (QED) is 0.911. The van der Waals surface area contributed by atoms with Gasteiger partial charge < -0.3 is 10.4 Å². The molecule has 6 heteroatoms. The number of carboxylic acid groups (broad SMARTS) is 1. The van der Waals surface area contributed by atoms with E-state index in [4.69, 9.17) is 22.0 Å². The summed E-state index contributed by atoms with van der Waals surface area (Å²) in [5, 5.41) is 20.6. The van der Waals surface area contributed by atoms with E-state index in [1.807, 2.05) is 6.07 Å². The van der Waals surface area contributed by atoms with Crippen molar-refractivity contribution in [1.29, 1.82) is 5.26 Å². The van der Waals surface area contributed by atoms with E-state index in [9.17, 15) is 9.59 Å². The van der Waals surface area contributed by atoms with Crippen LogP contribution in [0.5, 0.6) is 0 Å². The van der Waals surface area contributed by atoms with Crippen LogP contribution in [0.4, 0.5) is 5.69 Å². The zero-order chi connectivity index (χ0) is 15.4. The van der Waals surface area contributed by atoms with Crippen LogP contribution in [0.3, 0.4) is 0 Å². The number of carbonyl (C=O) groups excluding carboxylic acids is 1. The highest BCUT2D eigenvalue weighted by atomic mass is 35.5. The lowest BCUT2D eigenvalue weighted by Gasteiger charge is -2.08. The molecule has 0 aliphatic carbocycles. The van der Waals surface area contributed by atoms with Crippen molar-refractivity contribution in [3.63, 3.8) is 0 Å². The topological polar surface area (TPSA) is 90.2 Å². The van der Waals surface area contributed by atoms with Crippen LogP contribution in [0.15, 0.2) is 42.5 Å². The number of nitrogens with zero attached hydrogens (tertiary/aromatic N) is 1. The van der Waals surface area contributed by atoms with Gasteiger partial charge in [0.15, 0.2) is 0 Å². The molecular weight excluding hydrogens is 292 g/mol. The van der Waals surface area contributed by atoms with Crippen molar-refractivity contribution in [3.05, 3.63) is 64.2 Å². The predicted molar refractivity (Wildman–Crippen MR) is 77.5 cm³/mol. The summed E-state index contributed by atoms with van der Waals surface area (Å²) in [5.74, 6) is -1.62. The van der Waals surface area contributed by atoms with Crippen LogP contribution in [-0.4, -0.2) is 17.0 Å². The number of rotatable bonds is 3. The van der Waals surface area contributed by atoms with E-state index in [1.54, 1.807) is 0 Å². The van der Waals surface area contributed by atoms with Gasteiger partial charge in [-0.15, -0.1) is 0 Å². The molecule has 2 aromatic carbocycles. The van der Waals surface area contributed by atoms with Crippen LogP contribution < -0.4 is 5.32 Å². The molecule has 21 heavy (non-hydrogen) atoms. The summed E-state index contributed by atoms with van der Waals surface area (Å²) < 4.78 is 0. The second-order valence-electron chi connectivity index (χ2n) is 4.15. The van der Waals surface area contributed by atoms with Crippen LogP contribution in [0.2, 0.25) is 5.02 Å². The lowest BCUT2D eigenvalue weighted by Crippen LogP contribution is -2.13. The molecule has 0 aliphatic heterocycles.